The fourth-order valence-corrected chi connectivity index (χ4v) is 2.33. The number of ether oxygens (including phenoxy) is 1. The molecule has 0 unspecified atom stereocenters. The number of carbonyl (C=O) groups is 1. The van der Waals surface area contributed by atoms with Gasteiger partial charge in [0.2, 0.25) is 0 Å². The van der Waals surface area contributed by atoms with Crippen LogP contribution in [-0.4, -0.2) is 10.7 Å². The molecule has 0 aliphatic rings. The van der Waals surface area contributed by atoms with Crippen LogP contribution in [0.4, 0.5) is 5.69 Å². The van der Waals surface area contributed by atoms with E-state index in [1.54, 1.807) is 18.2 Å². The monoisotopic (exact) mass is 369 g/mol. The summed E-state index contributed by atoms with van der Waals surface area (Å²) in [4.78, 5) is 21.4. The summed E-state index contributed by atoms with van der Waals surface area (Å²) in [5, 5.41) is 10.7. The smallest absolute Gasteiger partial charge is 0.288 e. The van der Waals surface area contributed by atoms with Crippen molar-refractivity contribution in [3.8, 4) is 11.5 Å². The normalized spacial score (nSPS) is 10.2. The van der Waals surface area contributed by atoms with E-state index in [2.05, 4.69) is 15.9 Å². The molecular formula is C14H9BrClNO4. The molecule has 0 heterocycles. The van der Waals surface area contributed by atoms with Crippen molar-refractivity contribution in [1.29, 1.82) is 0 Å². The zero-order chi connectivity index (χ0) is 15.6. The van der Waals surface area contributed by atoms with Gasteiger partial charge >= 0.3 is 0 Å². The number of halogens is 2. The Morgan fingerprint density at radius 1 is 1.29 bits per heavy atom. The molecule has 0 saturated heterocycles. The Morgan fingerprint density at radius 2 is 2.00 bits per heavy atom. The van der Waals surface area contributed by atoms with Gasteiger partial charge in [-0.05, 0) is 47.1 Å². The lowest BCUT2D eigenvalue weighted by Crippen LogP contribution is -1.94. The van der Waals surface area contributed by atoms with Crippen LogP contribution in [0.3, 0.4) is 0 Å². The fraction of sp³-hybridized carbons (Fsp3) is 0.0714. The highest BCUT2D eigenvalue weighted by molar-refractivity contribution is 9.10. The summed E-state index contributed by atoms with van der Waals surface area (Å²) in [5.74, 6) is 0.785. The molecular weight excluding hydrogens is 362 g/mol. The van der Waals surface area contributed by atoms with Crippen molar-refractivity contribution >= 4 is 39.0 Å². The van der Waals surface area contributed by atoms with Crippen LogP contribution in [0.1, 0.15) is 17.3 Å². The van der Waals surface area contributed by atoms with E-state index in [0.29, 0.717) is 21.5 Å². The molecule has 0 amide bonds. The first-order valence-corrected chi connectivity index (χ1v) is 6.98. The Hall–Kier alpha value is -1.92. The number of benzene rings is 2. The van der Waals surface area contributed by atoms with Crippen molar-refractivity contribution in [3.63, 3.8) is 0 Å². The number of nitrogens with zero attached hydrogens (tertiary/aromatic N) is 1. The van der Waals surface area contributed by atoms with Crippen LogP contribution >= 0.6 is 27.5 Å². The van der Waals surface area contributed by atoms with Gasteiger partial charge in [-0.2, -0.15) is 0 Å². The largest absolute Gasteiger partial charge is 0.456 e. The van der Waals surface area contributed by atoms with Gasteiger partial charge in [0.25, 0.3) is 5.69 Å². The van der Waals surface area contributed by atoms with E-state index < -0.39 is 4.92 Å². The second kappa shape index (κ2) is 6.24. The van der Waals surface area contributed by atoms with Gasteiger partial charge in [-0.3, -0.25) is 14.9 Å². The molecule has 0 aliphatic heterocycles. The zero-order valence-electron chi connectivity index (χ0n) is 10.8. The summed E-state index contributed by atoms with van der Waals surface area (Å²) < 4.78 is 6.20. The number of nitro groups is 1. The number of rotatable bonds is 4. The maximum Gasteiger partial charge on any atom is 0.288 e. The second-order valence-corrected chi connectivity index (χ2v) is 5.44. The number of Topliss-reactive ketones (excluding diaryl/α,β-unsaturated/α-hetero) is 1. The highest BCUT2D eigenvalue weighted by Crippen LogP contribution is 2.34. The lowest BCUT2D eigenvalue weighted by atomic mass is 10.1. The average molecular weight is 371 g/mol. The van der Waals surface area contributed by atoms with Gasteiger partial charge in [-0.15, -0.1) is 0 Å². The first kappa shape index (κ1) is 15.5. The van der Waals surface area contributed by atoms with Crippen molar-refractivity contribution in [2.45, 2.75) is 6.92 Å². The van der Waals surface area contributed by atoms with Crippen molar-refractivity contribution in [2.24, 2.45) is 0 Å². The molecule has 0 N–H and O–H groups in total. The van der Waals surface area contributed by atoms with E-state index in [0.717, 1.165) is 0 Å². The molecule has 0 aromatic heterocycles. The van der Waals surface area contributed by atoms with Crippen LogP contribution < -0.4 is 4.74 Å². The lowest BCUT2D eigenvalue weighted by molar-refractivity contribution is -0.384. The number of hydrogen-bond donors (Lipinski definition) is 0. The van der Waals surface area contributed by atoms with Gasteiger partial charge in [-0.25, -0.2) is 0 Å². The summed E-state index contributed by atoms with van der Waals surface area (Å²) in [6.45, 7) is 1.47. The van der Waals surface area contributed by atoms with Crippen LogP contribution in [-0.2, 0) is 0 Å². The van der Waals surface area contributed by atoms with Crippen LogP contribution in [0.15, 0.2) is 40.9 Å². The van der Waals surface area contributed by atoms with Gasteiger partial charge in [-0.1, -0.05) is 11.6 Å². The van der Waals surface area contributed by atoms with Crippen molar-refractivity contribution < 1.29 is 14.5 Å². The SMILES string of the molecule is CC(=O)c1ccc(Oc2ccc([N+](=O)[O-])c(Cl)c2)c(Br)c1. The molecule has 5 nitrogen and oxygen atoms in total. The molecule has 0 atom stereocenters. The molecule has 0 radical (unpaired) electrons. The Labute approximate surface area is 133 Å². The molecule has 2 aromatic rings. The van der Waals surface area contributed by atoms with E-state index in [1.807, 2.05) is 0 Å². The predicted octanol–water partition coefficient (Wildman–Crippen LogP) is 5.01. The minimum Gasteiger partial charge on any atom is -0.456 e. The molecule has 108 valence electrons. The zero-order valence-corrected chi connectivity index (χ0v) is 13.1. The van der Waals surface area contributed by atoms with Crippen molar-refractivity contribution in [1.82, 2.24) is 0 Å². The Morgan fingerprint density at radius 3 is 2.52 bits per heavy atom. The first-order chi connectivity index (χ1) is 9.88. The first-order valence-electron chi connectivity index (χ1n) is 5.81. The van der Waals surface area contributed by atoms with Crippen molar-refractivity contribution in [2.75, 3.05) is 0 Å². The van der Waals surface area contributed by atoms with Gasteiger partial charge in [0.1, 0.15) is 16.5 Å². The number of carbonyl (C=O) groups excluding carboxylic acids is 1. The summed E-state index contributed by atoms with van der Waals surface area (Å²) in [6.07, 6.45) is 0. The Kier molecular flexibility index (Phi) is 4.59. The Balaban J connectivity index is 2.28. The summed E-state index contributed by atoms with van der Waals surface area (Å²) in [6, 6.07) is 9.01. The van der Waals surface area contributed by atoms with E-state index in [1.165, 1.54) is 25.1 Å². The molecule has 0 bridgehead atoms. The number of hydrogen-bond acceptors (Lipinski definition) is 4. The number of ketones is 1. The lowest BCUT2D eigenvalue weighted by Gasteiger charge is -2.09. The second-order valence-electron chi connectivity index (χ2n) is 4.17. The maximum absolute atomic E-state index is 11.3. The standard InChI is InChI=1S/C14H9BrClNO4/c1-8(18)9-2-5-14(11(15)6-9)21-10-3-4-13(17(19)20)12(16)7-10/h2-7H,1H3. The minimum atomic E-state index is -0.566. The molecule has 2 aromatic carbocycles. The van der Waals surface area contributed by atoms with Crippen LogP contribution in [0.2, 0.25) is 5.02 Å². The van der Waals surface area contributed by atoms with Gasteiger partial charge in [0, 0.05) is 17.7 Å². The van der Waals surface area contributed by atoms with Gasteiger partial charge in [0.05, 0.1) is 9.40 Å². The van der Waals surface area contributed by atoms with Gasteiger partial charge < -0.3 is 4.74 Å². The maximum atomic E-state index is 11.3. The topological polar surface area (TPSA) is 69.4 Å². The highest BCUT2D eigenvalue weighted by Gasteiger charge is 2.14. The highest BCUT2D eigenvalue weighted by atomic mass is 79.9. The molecule has 0 fully saturated rings. The molecule has 2 rings (SSSR count). The van der Waals surface area contributed by atoms with Crippen molar-refractivity contribution in [3.05, 3.63) is 61.6 Å². The minimum absolute atomic E-state index is 0.00558. The quantitative estimate of drug-likeness (QED) is 0.431. The number of nitro benzene ring substituents is 1. The predicted molar refractivity (Wildman–Crippen MR) is 82.3 cm³/mol. The summed E-state index contributed by atoms with van der Waals surface area (Å²) >= 11 is 9.13. The molecule has 0 saturated carbocycles. The van der Waals surface area contributed by atoms with E-state index in [4.69, 9.17) is 16.3 Å². The average Bonchev–Trinajstić information content (AvgIpc) is 2.40. The van der Waals surface area contributed by atoms with E-state index in [-0.39, 0.29) is 16.5 Å². The third-order valence-corrected chi connectivity index (χ3v) is 3.60. The Bertz CT molecular complexity index is 733. The molecule has 0 aliphatic carbocycles. The van der Waals surface area contributed by atoms with Crippen LogP contribution in [0.25, 0.3) is 0 Å². The fourth-order valence-electron chi connectivity index (χ4n) is 1.63. The molecule has 21 heavy (non-hydrogen) atoms. The van der Waals surface area contributed by atoms with Crippen LogP contribution in [0.5, 0.6) is 11.5 Å². The summed E-state index contributed by atoms with van der Waals surface area (Å²) in [5.41, 5.74) is 0.367. The molecule has 0 spiro atoms. The van der Waals surface area contributed by atoms with E-state index in [9.17, 15) is 14.9 Å². The summed E-state index contributed by atoms with van der Waals surface area (Å²) in [7, 11) is 0. The molecule has 7 heteroatoms. The van der Waals surface area contributed by atoms with Crippen LogP contribution in [0, 0.1) is 10.1 Å². The third kappa shape index (κ3) is 3.59. The van der Waals surface area contributed by atoms with Gasteiger partial charge in [0.15, 0.2) is 5.78 Å². The third-order valence-electron chi connectivity index (χ3n) is 2.68. The van der Waals surface area contributed by atoms with E-state index >= 15 is 0 Å².